The van der Waals surface area contributed by atoms with Crippen molar-refractivity contribution in [3.8, 4) is 0 Å². The molecule has 0 aromatic carbocycles. The molecule has 0 spiro atoms. The Labute approximate surface area is 133 Å². The first-order valence-corrected chi connectivity index (χ1v) is 9.75. The highest BCUT2D eigenvalue weighted by molar-refractivity contribution is 7.07. The maximum atomic E-state index is 3.86. The first kappa shape index (κ1) is 15.5. The van der Waals surface area contributed by atoms with Gasteiger partial charge in [-0.3, -0.25) is 4.90 Å². The van der Waals surface area contributed by atoms with E-state index in [1.165, 1.54) is 76.6 Å². The van der Waals surface area contributed by atoms with Crippen molar-refractivity contribution in [2.75, 3.05) is 19.6 Å². The lowest BCUT2D eigenvalue weighted by atomic mass is 9.79. The maximum Gasteiger partial charge on any atom is 0.0334 e. The molecule has 1 unspecified atom stereocenters. The molecule has 2 heterocycles. The predicted molar refractivity (Wildman–Crippen MR) is 92.0 cm³/mol. The molecule has 1 aromatic heterocycles. The van der Waals surface area contributed by atoms with E-state index in [0.29, 0.717) is 11.6 Å². The largest absolute Gasteiger partial charge is 0.308 e. The zero-order valence-corrected chi connectivity index (χ0v) is 14.3. The third-order valence-electron chi connectivity index (χ3n) is 5.59. The lowest BCUT2D eigenvalue weighted by molar-refractivity contribution is 0.0317. The third-order valence-corrected chi connectivity index (χ3v) is 6.29. The summed E-state index contributed by atoms with van der Waals surface area (Å²) in [5, 5.41) is 8.33. The van der Waals surface area contributed by atoms with Gasteiger partial charge in [0, 0.05) is 18.1 Å². The average Bonchev–Trinajstić information content (AvgIpc) is 3.09. The van der Waals surface area contributed by atoms with Gasteiger partial charge in [0.2, 0.25) is 0 Å². The number of piperidine rings is 1. The zero-order chi connectivity index (χ0) is 14.5. The van der Waals surface area contributed by atoms with Gasteiger partial charge < -0.3 is 5.32 Å². The molecule has 1 atom stereocenters. The molecule has 1 aliphatic heterocycles. The van der Waals surface area contributed by atoms with E-state index in [-0.39, 0.29) is 0 Å². The molecular weight excluding hydrogens is 276 g/mol. The summed E-state index contributed by atoms with van der Waals surface area (Å²) in [5.41, 5.74) is 1.90. The lowest BCUT2D eigenvalue weighted by Gasteiger charge is -2.49. The smallest absolute Gasteiger partial charge is 0.0334 e. The van der Waals surface area contributed by atoms with Gasteiger partial charge in [-0.1, -0.05) is 25.7 Å². The van der Waals surface area contributed by atoms with E-state index in [2.05, 4.69) is 34.0 Å². The van der Waals surface area contributed by atoms with Crippen molar-refractivity contribution in [3.63, 3.8) is 0 Å². The SMILES string of the molecule is CC(NCC1(N2CCCCC2)CCCCC1)c1ccsc1. The van der Waals surface area contributed by atoms with E-state index in [0.717, 1.165) is 0 Å². The van der Waals surface area contributed by atoms with E-state index in [9.17, 15) is 0 Å². The van der Waals surface area contributed by atoms with Crippen molar-refractivity contribution in [2.45, 2.75) is 69.9 Å². The van der Waals surface area contributed by atoms with Gasteiger partial charge >= 0.3 is 0 Å². The molecule has 1 saturated carbocycles. The monoisotopic (exact) mass is 306 g/mol. The van der Waals surface area contributed by atoms with Crippen LogP contribution in [0.15, 0.2) is 16.8 Å². The second-order valence-electron chi connectivity index (χ2n) is 6.99. The Hall–Kier alpha value is -0.380. The Bertz CT molecular complexity index is 403. The summed E-state index contributed by atoms with van der Waals surface area (Å²) < 4.78 is 0. The van der Waals surface area contributed by atoms with Crippen LogP contribution in [0.1, 0.15) is 69.9 Å². The van der Waals surface area contributed by atoms with Crippen molar-refractivity contribution >= 4 is 11.3 Å². The molecule has 0 amide bonds. The normalized spacial score (nSPS) is 24.8. The van der Waals surface area contributed by atoms with E-state index in [4.69, 9.17) is 0 Å². The van der Waals surface area contributed by atoms with Crippen LogP contribution in [0.2, 0.25) is 0 Å². The van der Waals surface area contributed by atoms with Crippen molar-refractivity contribution in [2.24, 2.45) is 0 Å². The van der Waals surface area contributed by atoms with Crippen LogP contribution >= 0.6 is 11.3 Å². The summed E-state index contributed by atoms with van der Waals surface area (Å²) >= 11 is 1.81. The third kappa shape index (κ3) is 3.69. The fourth-order valence-electron chi connectivity index (χ4n) is 4.17. The number of nitrogens with zero attached hydrogens (tertiary/aromatic N) is 1. The molecule has 3 heteroatoms. The van der Waals surface area contributed by atoms with Crippen LogP contribution in [0.3, 0.4) is 0 Å². The highest BCUT2D eigenvalue weighted by atomic mass is 32.1. The second-order valence-corrected chi connectivity index (χ2v) is 7.77. The van der Waals surface area contributed by atoms with Gasteiger partial charge in [0.25, 0.3) is 0 Å². The van der Waals surface area contributed by atoms with Crippen molar-refractivity contribution in [1.29, 1.82) is 0 Å². The number of rotatable bonds is 5. The first-order chi connectivity index (χ1) is 10.3. The Morgan fingerprint density at radius 3 is 2.52 bits per heavy atom. The van der Waals surface area contributed by atoms with Crippen LogP contribution in [0.4, 0.5) is 0 Å². The molecule has 1 saturated heterocycles. The lowest BCUT2D eigenvalue weighted by Crippen LogP contribution is -2.57. The fourth-order valence-corrected chi connectivity index (χ4v) is 4.92. The summed E-state index contributed by atoms with van der Waals surface area (Å²) in [6.07, 6.45) is 11.3. The molecule has 2 aliphatic rings. The minimum atomic E-state index is 0.447. The summed E-state index contributed by atoms with van der Waals surface area (Å²) in [6, 6.07) is 2.75. The number of hydrogen-bond acceptors (Lipinski definition) is 3. The summed E-state index contributed by atoms with van der Waals surface area (Å²) in [6.45, 7) is 6.14. The number of likely N-dealkylation sites (tertiary alicyclic amines) is 1. The highest BCUT2D eigenvalue weighted by Gasteiger charge is 2.38. The summed E-state index contributed by atoms with van der Waals surface area (Å²) in [5.74, 6) is 0. The Morgan fingerprint density at radius 2 is 1.86 bits per heavy atom. The molecule has 0 bridgehead atoms. The minimum absolute atomic E-state index is 0.447. The highest BCUT2D eigenvalue weighted by Crippen LogP contribution is 2.35. The van der Waals surface area contributed by atoms with Crippen LogP contribution in [0, 0.1) is 0 Å². The van der Waals surface area contributed by atoms with Gasteiger partial charge in [-0.2, -0.15) is 11.3 Å². The molecule has 118 valence electrons. The average molecular weight is 307 g/mol. The van der Waals surface area contributed by atoms with E-state index < -0.39 is 0 Å². The number of thiophene rings is 1. The molecule has 0 radical (unpaired) electrons. The number of nitrogens with one attached hydrogen (secondary N) is 1. The van der Waals surface area contributed by atoms with Gasteiger partial charge in [0.1, 0.15) is 0 Å². The molecule has 21 heavy (non-hydrogen) atoms. The summed E-state index contributed by atoms with van der Waals surface area (Å²) in [4.78, 5) is 2.84. The van der Waals surface area contributed by atoms with Crippen molar-refractivity contribution in [1.82, 2.24) is 10.2 Å². The molecule has 2 fully saturated rings. The number of hydrogen-bond donors (Lipinski definition) is 1. The van der Waals surface area contributed by atoms with Crippen molar-refractivity contribution < 1.29 is 0 Å². The van der Waals surface area contributed by atoms with Crippen LogP contribution in [-0.4, -0.2) is 30.1 Å². The zero-order valence-electron chi connectivity index (χ0n) is 13.4. The van der Waals surface area contributed by atoms with Gasteiger partial charge in [-0.15, -0.1) is 0 Å². The Kier molecular flexibility index (Phi) is 5.36. The first-order valence-electron chi connectivity index (χ1n) is 8.81. The standard InChI is InChI=1S/C18H30N2S/c1-16(17-8-13-21-14-17)19-15-18(9-4-2-5-10-18)20-11-6-3-7-12-20/h8,13-14,16,19H,2-7,9-12,15H2,1H3. The van der Waals surface area contributed by atoms with Crippen molar-refractivity contribution in [3.05, 3.63) is 22.4 Å². The van der Waals surface area contributed by atoms with Crippen LogP contribution in [0.5, 0.6) is 0 Å². The van der Waals surface area contributed by atoms with Crippen LogP contribution in [0.25, 0.3) is 0 Å². The van der Waals surface area contributed by atoms with Crippen LogP contribution < -0.4 is 5.32 Å². The predicted octanol–water partition coefficient (Wildman–Crippen LogP) is 4.59. The second kappa shape index (κ2) is 7.26. The molecule has 1 aromatic rings. The maximum absolute atomic E-state index is 3.86. The van der Waals surface area contributed by atoms with Gasteiger partial charge in [-0.05, 0) is 68.1 Å². The van der Waals surface area contributed by atoms with E-state index in [1.807, 2.05) is 0 Å². The van der Waals surface area contributed by atoms with Gasteiger partial charge in [0.15, 0.2) is 0 Å². The molecule has 1 N–H and O–H groups in total. The van der Waals surface area contributed by atoms with Crippen LogP contribution in [-0.2, 0) is 0 Å². The Balaban J connectivity index is 1.64. The van der Waals surface area contributed by atoms with Gasteiger partial charge in [-0.25, -0.2) is 0 Å². The quantitative estimate of drug-likeness (QED) is 0.856. The van der Waals surface area contributed by atoms with Gasteiger partial charge in [0.05, 0.1) is 0 Å². The van der Waals surface area contributed by atoms with E-state index >= 15 is 0 Å². The van der Waals surface area contributed by atoms with E-state index in [1.54, 1.807) is 11.3 Å². The topological polar surface area (TPSA) is 15.3 Å². The molecule has 2 nitrogen and oxygen atoms in total. The molecular formula is C18H30N2S. The fraction of sp³-hybridized carbons (Fsp3) is 0.778. The molecule has 1 aliphatic carbocycles. The Morgan fingerprint density at radius 1 is 1.14 bits per heavy atom. The molecule has 3 rings (SSSR count). The minimum Gasteiger partial charge on any atom is -0.308 e. The summed E-state index contributed by atoms with van der Waals surface area (Å²) in [7, 11) is 0.